The summed E-state index contributed by atoms with van der Waals surface area (Å²) in [4.78, 5) is 50.1. The first-order valence-electron chi connectivity index (χ1n) is 12.9. The number of unbranched alkanes of at least 4 members (excludes halogenated alkanes) is 2. The molecule has 220 valence electrons. The van der Waals surface area contributed by atoms with Gasteiger partial charge >= 0.3 is 17.6 Å². The van der Waals surface area contributed by atoms with Crippen molar-refractivity contribution in [3.63, 3.8) is 0 Å². The third-order valence-electron chi connectivity index (χ3n) is 5.81. The average molecular weight is 577 g/mol. The molecule has 0 saturated carbocycles. The summed E-state index contributed by atoms with van der Waals surface area (Å²) in [6.07, 6.45) is -1.70. The lowest BCUT2D eigenvalue weighted by Gasteiger charge is -2.24. The van der Waals surface area contributed by atoms with Gasteiger partial charge in [0.25, 0.3) is 5.56 Å². The molecule has 0 amide bonds. The summed E-state index contributed by atoms with van der Waals surface area (Å²) in [5, 5.41) is 15.7. The fourth-order valence-corrected chi connectivity index (χ4v) is 5.59. The molecule has 0 spiro atoms. The van der Waals surface area contributed by atoms with Crippen LogP contribution in [0.15, 0.2) is 33.7 Å². The van der Waals surface area contributed by atoms with E-state index in [9.17, 15) is 33.2 Å². The van der Waals surface area contributed by atoms with Gasteiger partial charge in [-0.3, -0.25) is 28.5 Å². The Morgan fingerprint density at radius 3 is 2.18 bits per heavy atom. The summed E-state index contributed by atoms with van der Waals surface area (Å²) in [5.41, 5.74) is -1.63. The maximum absolute atomic E-state index is 14.9. The Balaban J connectivity index is 2.24. The van der Waals surface area contributed by atoms with Crippen LogP contribution in [0.5, 0.6) is 0 Å². The Morgan fingerprint density at radius 1 is 1.15 bits per heavy atom. The van der Waals surface area contributed by atoms with Gasteiger partial charge in [-0.1, -0.05) is 26.7 Å². The van der Waals surface area contributed by atoms with Gasteiger partial charge in [-0.15, -0.1) is 0 Å². The molecule has 0 unspecified atom stereocenters. The zero-order valence-electron chi connectivity index (χ0n) is 22.5. The first-order valence-corrected chi connectivity index (χ1v) is 14.7. The molecule has 4 N–H and O–H groups in total. The van der Waals surface area contributed by atoms with Gasteiger partial charge in [-0.05, 0) is 32.8 Å². The van der Waals surface area contributed by atoms with E-state index in [1.165, 1.54) is 13.8 Å². The van der Waals surface area contributed by atoms with Crippen LogP contribution < -0.4 is 21.4 Å². The maximum atomic E-state index is 14.9. The van der Waals surface area contributed by atoms with E-state index in [0.717, 1.165) is 41.6 Å². The van der Waals surface area contributed by atoms with Gasteiger partial charge in [-0.2, -0.15) is 0 Å². The first-order chi connectivity index (χ1) is 18.4. The van der Waals surface area contributed by atoms with Crippen molar-refractivity contribution in [3.05, 3.63) is 45.0 Å². The topological polar surface area (TPSA) is 178 Å². The summed E-state index contributed by atoms with van der Waals surface area (Å²) >= 11 is 0. The van der Waals surface area contributed by atoms with Gasteiger partial charge in [0.15, 0.2) is 12.4 Å². The standard InChI is InChI=1S/C24H38FN4O9P/c1-5-7-12-36-22(32)15(3)27-39(35,28-16(4)23(33)37-13-8-6-2)14-10-17-20(31)19(25)21(38-17)29-11-9-18(30)26-24(29)34/h9-11,14-17,19-21,31H,5-8,12-13H2,1-4H3,(H,26,30,34)(H2,27,28,35)/b14-10+/t15-,16-,17+,19+,20+,21+/m0/s1. The summed E-state index contributed by atoms with van der Waals surface area (Å²) < 4.78 is 45.3. The van der Waals surface area contributed by atoms with Crippen LogP contribution >= 0.6 is 7.44 Å². The van der Waals surface area contributed by atoms with Gasteiger partial charge in [0, 0.05) is 18.1 Å². The van der Waals surface area contributed by atoms with E-state index in [1.807, 2.05) is 18.8 Å². The molecule has 6 atom stereocenters. The van der Waals surface area contributed by atoms with E-state index in [2.05, 4.69) is 10.2 Å². The fraction of sp³-hybridized carbons (Fsp3) is 0.667. The number of halogens is 1. The molecule has 0 bridgehead atoms. The number of aliphatic hydroxyl groups is 1. The molecule has 1 aliphatic rings. The van der Waals surface area contributed by atoms with Crippen molar-refractivity contribution in [2.75, 3.05) is 13.2 Å². The minimum absolute atomic E-state index is 0.181. The zero-order valence-corrected chi connectivity index (χ0v) is 23.4. The number of nitrogens with zero attached hydrogens (tertiary/aromatic N) is 1. The predicted octanol–water partition coefficient (Wildman–Crippen LogP) is 1.48. The van der Waals surface area contributed by atoms with Gasteiger partial charge in [0.2, 0.25) is 7.44 Å². The van der Waals surface area contributed by atoms with E-state index in [4.69, 9.17) is 14.2 Å². The van der Waals surface area contributed by atoms with Crippen molar-refractivity contribution >= 4 is 19.4 Å². The largest absolute Gasteiger partial charge is 0.465 e. The molecule has 1 aromatic rings. The maximum Gasteiger partial charge on any atom is 0.330 e. The minimum atomic E-state index is -3.94. The number of nitrogens with one attached hydrogen (secondary N) is 3. The van der Waals surface area contributed by atoms with Crippen LogP contribution in [-0.4, -0.2) is 70.3 Å². The highest BCUT2D eigenvalue weighted by Crippen LogP contribution is 2.41. The van der Waals surface area contributed by atoms with E-state index in [0.29, 0.717) is 12.8 Å². The highest BCUT2D eigenvalue weighted by molar-refractivity contribution is 7.63. The molecule has 0 aliphatic carbocycles. The fourth-order valence-electron chi connectivity index (χ4n) is 3.57. The summed E-state index contributed by atoms with van der Waals surface area (Å²) in [6.45, 7) is 7.08. The molecule has 2 rings (SSSR count). The zero-order chi connectivity index (χ0) is 29.2. The number of aliphatic hydroxyl groups excluding tert-OH is 1. The Kier molecular flexibility index (Phi) is 12.7. The van der Waals surface area contributed by atoms with Crippen LogP contribution in [0.25, 0.3) is 0 Å². The summed E-state index contributed by atoms with van der Waals surface area (Å²) in [6, 6.07) is -1.13. The molecule has 1 aromatic heterocycles. The number of hydrogen-bond donors (Lipinski definition) is 4. The van der Waals surface area contributed by atoms with Crippen molar-refractivity contribution in [3.8, 4) is 0 Å². The second kappa shape index (κ2) is 15.2. The van der Waals surface area contributed by atoms with Gasteiger partial charge < -0.3 is 19.3 Å². The third-order valence-corrected chi connectivity index (χ3v) is 7.94. The number of carbonyl (C=O) groups excluding carboxylic acids is 2. The number of H-pyrrole nitrogens is 1. The normalized spacial score (nSPS) is 23.0. The van der Waals surface area contributed by atoms with Crippen molar-refractivity contribution < 1.29 is 37.9 Å². The highest BCUT2D eigenvalue weighted by atomic mass is 31.2. The Labute approximate surface area is 225 Å². The minimum Gasteiger partial charge on any atom is -0.465 e. The van der Waals surface area contributed by atoms with Gasteiger partial charge in [0.05, 0.1) is 13.2 Å². The molecule has 15 heteroatoms. The third kappa shape index (κ3) is 9.50. The molecule has 2 heterocycles. The van der Waals surface area contributed by atoms with Crippen molar-refractivity contribution in [1.29, 1.82) is 0 Å². The van der Waals surface area contributed by atoms with Crippen LogP contribution in [0.3, 0.4) is 0 Å². The predicted molar refractivity (Wildman–Crippen MR) is 140 cm³/mol. The average Bonchev–Trinajstić information content (AvgIpc) is 3.16. The van der Waals surface area contributed by atoms with Crippen molar-refractivity contribution in [1.82, 2.24) is 19.7 Å². The Hall–Kier alpha value is -2.64. The Bertz CT molecular complexity index is 1120. The van der Waals surface area contributed by atoms with Crippen LogP contribution in [0.1, 0.15) is 59.6 Å². The molecule has 1 saturated heterocycles. The lowest BCUT2D eigenvalue weighted by Crippen LogP contribution is -2.41. The lowest BCUT2D eigenvalue weighted by atomic mass is 10.1. The molecular weight excluding hydrogens is 538 g/mol. The number of hydrogen-bond acceptors (Lipinski definition) is 9. The number of ether oxygens (including phenoxy) is 3. The number of rotatable bonds is 15. The van der Waals surface area contributed by atoms with Crippen molar-refractivity contribution in [2.24, 2.45) is 0 Å². The molecule has 0 aromatic carbocycles. The van der Waals surface area contributed by atoms with E-state index in [1.54, 1.807) is 0 Å². The smallest absolute Gasteiger partial charge is 0.330 e. The van der Waals surface area contributed by atoms with Crippen molar-refractivity contribution in [2.45, 2.75) is 90.1 Å². The van der Waals surface area contributed by atoms with Gasteiger partial charge in [-0.25, -0.2) is 19.4 Å². The number of aromatic amines is 1. The summed E-state index contributed by atoms with van der Waals surface area (Å²) in [5.74, 6) is -0.289. The number of carbonyl (C=O) groups is 2. The second-order valence-corrected chi connectivity index (χ2v) is 11.3. The molecule has 39 heavy (non-hydrogen) atoms. The summed E-state index contributed by atoms with van der Waals surface area (Å²) in [7, 11) is -3.94. The Morgan fingerprint density at radius 2 is 1.69 bits per heavy atom. The van der Waals surface area contributed by atoms with Gasteiger partial charge in [0.1, 0.15) is 24.3 Å². The molecule has 13 nitrogen and oxygen atoms in total. The number of aromatic nitrogens is 2. The number of esters is 2. The molecule has 0 radical (unpaired) electrons. The van der Waals surface area contributed by atoms with E-state index in [-0.39, 0.29) is 13.2 Å². The van der Waals surface area contributed by atoms with Crippen LogP contribution in [0, 0.1) is 0 Å². The second-order valence-electron chi connectivity index (χ2n) is 9.19. The molecule has 1 fully saturated rings. The van der Waals surface area contributed by atoms with Crippen LogP contribution in [-0.2, 0) is 28.4 Å². The molecule has 1 aliphatic heterocycles. The van der Waals surface area contributed by atoms with Crippen LogP contribution in [0.4, 0.5) is 4.39 Å². The van der Waals surface area contributed by atoms with E-state index < -0.39 is 67.3 Å². The monoisotopic (exact) mass is 576 g/mol. The number of alkyl halides is 1. The quantitative estimate of drug-likeness (QED) is 0.135. The first kappa shape index (κ1) is 32.6. The van der Waals surface area contributed by atoms with E-state index >= 15 is 0 Å². The highest BCUT2D eigenvalue weighted by Gasteiger charge is 2.45. The van der Waals surface area contributed by atoms with Crippen LogP contribution in [0.2, 0.25) is 0 Å². The lowest BCUT2D eigenvalue weighted by molar-refractivity contribution is -0.145. The SMILES string of the molecule is CCCCOC(=O)[C@H](C)NP(=O)(/C=C/[C@H]1O[C@@H](n2ccc(=O)[nH]c2=O)[C@H](F)[C@@H]1O)N[C@@H](C)C(=O)OCCCC. The molecular formula is C24H38FN4O9P.